The third-order valence-electron chi connectivity index (χ3n) is 2.95. The van der Waals surface area contributed by atoms with Crippen LogP contribution >= 0.6 is 0 Å². The van der Waals surface area contributed by atoms with E-state index in [0.29, 0.717) is 11.5 Å². The van der Waals surface area contributed by atoms with Crippen LogP contribution in [0.4, 0.5) is 5.69 Å². The topological polar surface area (TPSA) is 67.4 Å². The predicted molar refractivity (Wildman–Crippen MR) is 74.9 cm³/mol. The number of fused-ring (bicyclic) bond motifs is 1. The van der Waals surface area contributed by atoms with Crippen molar-refractivity contribution in [1.29, 1.82) is 0 Å². The standard InChI is InChI=1S/C13H20N2O3S/c1-10(2)18-8-7-15-19(16,17)12-4-3-11-5-6-14-13(11)9-12/h3-4,9-10,14-15H,5-8H2,1-2H3. The van der Waals surface area contributed by atoms with Crippen LogP contribution < -0.4 is 10.0 Å². The van der Waals surface area contributed by atoms with Gasteiger partial charge in [-0.15, -0.1) is 0 Å². The molecular weight excluding hydrogens is 264 g/mol. The summed E-state index contributed by atoms with van der Waals surface area (Å²) in [7, 11) is -3.45. The maximum absolute atomic E-state index is 12.1. The molecule has 6 heteroatoms. The van der Waals surface area contributed by atoms with Gasteiger partial charge in [0.2, 0.25) is 10.0 Å². The highest BCUT2D eigenvalue weighted by Crippen LogP contribution is 2.25. The molecule has 0 saturated carbocycles. The van der Waals surface area contributed by atoms with Crippen LogP contribution in [0.15, 0.2) is 23.1 Å². The van der Waals surface area contributed by atoms with Gasteiger partial charge in [-0.25, -0.2) is 13.1 Å². The molecule has 0 spiro atoms. The molecule has 0 saturated heterocycles. The summed E-state index contributed by atoms with van der Waals surface area (Å²) in [5.41, 5.74) is 2.09. The van der Waals surface area contributed by atoms with E-state index in [2.05, 4.69) is 10.0 Å². The molecule has 1 aromatic rings. The van der Waals surface area contributed by atoms with Gasteiger partial charge in [0, 0.05) is 18.8 Å². The molecule has 1 heterocycles. The third kappa shape index (κ3) is 3.68. The average molecular weight is 284 g/mol. The van der Waals surface area contributed by atoms with Gasteiger partial charge in [-0.1, -0.05) is 6.07 Å². The summed E-state index contributed by atoms with van der Waals surface area (Å²) >= 11 is 0. The molecule has 0 atom stereocenters. The van der Waals surface area contributed by atoms with Crippen molar-refractivity contribution >= 4 is 15.7 Å². The number of benzene rings is 1. The van der Waals surface area contributed by atoms with Crippen molar-refractivity contribution in [3.8, 4) is 0 Å². The highest BCUT2D eigenvalue weighted by atomic mass is 32.2. The quantitative estimate of drug-likeness (QED) is 0.774. The minimum Gasteiger partial charge on any atom is -0.384 e. The summed E-state index contributed by atoms with van der Waals surface area (Å²) in [5.74, 6) is 0. The first-order valence-corrected chi connectivity index (χ1v) is 7.95. The van der Waals surface area contributed by atoms with E-state index in [1.807, 2.05) is 19.9 Å². The number of hydrogen-bond acceptors (Lipinski definition) is 4. The summed E-state index contributed by atoms with van der Waals surface area (Å²) in [6, 6.07) is 5.21. The Kier molecular flexibility index (Phi) is 4.44. The zero-order valence-corrected chi connectivity index (χ0v) is 12.1. The van der Waals surface area contributed by atoms with E-state index in [0.717, 1.165) is 18.7 Å². The van der Waals surface area contributed by atoms with Crippen LogP contribution in [0.3, 0.4) is 0 Å². The molecule has 0 aromatic heterocycles. The van der Waals surface area contributed by atoms with Crippen LogP contribution in [0, 0.1) is 0 Å². The minimum absolute atomic E-state index is 0.105. The average Bonchev–Trinajstić information content (AvgIpc) is 2.81. The number of rotatable bonds is 6. The Morgan fingerprint density at radius 2 is 2.21 bits per heavy atom. The van der Waals surface area contributed by atoms with Crippen molar-refractivity contribution in [1.82, 2.24) is 4.72 Å². The summed E-state index contributed by atoms with van der Waals surface area (Å²) in [4.78, 5) is 0.296. The lowest BCUT2D eigenvalue weighted by Crippen LogP contribution is -2.28. The lowest BCUT2D eigenvalue weighted by molar-refractivity contribution is 0.0834. The van der Waals surface area contributed by atoms with Crippen molar-refractivity contribution in [2.45, 2.75) is 31.3 Å². The second kappa shape index (κ2) is 5.90. The van der Waals surface area contributed by atoms with Gasteiger partial charge in [0.05, 0.1) is 17.6 Å². The van der Waals surface area contributed by atoms with Gasteiger partial charge >= 0.3 is 0 Å². The molecule has 2 rings (SSSR count). The van der Waals surface area contributed by atoms with Gasteiger partial charge < -0.3 is 10.1 Å². The molecule has 0 bridgehead atoms. The SMILES string of the molecule is CC(C)OCCNS(=O)(=O)c1ccc2c(c1)NCC2. The number of sulfonamides is 1. The number of anilines is 1. The van der Waals surface area contributed by atoms with Crippen molar-refractivity contribution in [3.63, 3.8) is 0 Å². The number of hydrogen-bond donors (Lipinski definition) is 2. The van der Waals surface area contributed by atoms with Gasteiger partial charge in [-0.3, -0.25) is 0 Å². The summed E-state index contributed by atoms with van der Waals surface area (Å²) in [6.45, 7) is 5.36. The van der Waals surface area contributed by atoms with E-state index in [4.69, 9.17) is 4.74 Å². The van der Waals surface area contributed by atoms with E-state index >= 15 is 0 Å². The predicted octanol–water partition coefficient (Wildman–Crippen LogP) is 1.36. The first-order chi connectivity index (χ1) is 8.99. The highest BCUT2D eigenvalue weighted by molar-refractivity contribution is 7.89. The number of nitrogens with one attached hydrogen (secondary N) is 2. The molecule has 0 radical (unpaired) electrons. The lowest BCUT2D eigenvalue weighted by atomic mass is 10.2. The molecule has 0 aliphatic carbocycles. The van der Waals surface area contributed by atoms with Crippen molar-refractivity contribution in [3.05, 3.63) is 23.8 Å². The molecule has 1 aromatic carbocycles. The lowest BCUT2D eigenvalue weighted by Gasteiger charge is -2.10. The summed E-state index contributed by atoms with van der Waals surface area (Å²) in [6.07, 6.45) is 1.05. The van der Waals surface area contributed by atoms with Crippen LogP contribution in [0.1, 0.15) is 19.4 Å². The van der Waals surface area contributed by atoms with E-state index < -0.39 is 10.0 Å². The molecule has 1 aliphatic heterocycles. The van der Waals surface area contributed by atoms with Gasteiger partial charge in [0.15, 0.2) is 0 Å². The smallest absolute Gasteiger partial charge is 0.240 e. The Morgan fingerprint density at radius 1 is 1.42 bits per heavy atom. The van der Waals surface area contributed by atoms with E-state index in [1.54, 1.807) is 12.1 Å². The van der Waals surface area contributed by atoms with Crippen molar-refractivity contribution < 1.29 is 13.2 Å². The molecule has 19 heavy (non-hydrogen) atoms. The third-order valence-corrected chi connectivity index (χ3v) is 4.41. The van der Waals surface area contributed by atoms with Crippen molar-refractivity contribution in [2.75, 3.05) is 25.0 Å². The zero-order valence-electron chi connectivity index (χ0n) is 11.3. The molecule has 106 valence electrons. The van der Waals surface area contributed by atoms with Crippen LogP contribution in [-0.4, -0.2) is 34.2 Å². The summed E-state index contributed by atoms with van der Waals surface area (Å²) < 4.78 is 32.0. The van der Waals surface area contributed by atoms with E-state index in [9.17, 15) is 8.42 Å². The maximum Gasteiger partial charge on any atom is 0.240 e. The monoisotopic (exact) mass is 284 g/mol. The second-order valence-corrected chi connectivity index (χ2v) is 6.58. The van der Waals surface area contributed by atoms with Crippen LogP contribution in [-0.2, 0) is 21.2 Å². The highest BCUT2D eigenvalue weighted by Gasteiger charge is 2.17. The normalized spacial score (nSPS) is 14.5. The Hall–Kier alpha value is -1.11. The molecule has 2 N–H and O–H groups in total. The Morgan fingerprint density at radius 3 is 2.95 bits per heavy atom. The number of ether oxygens (including phenoxy) is 1. The van der Waals surface area contributed by atoms with Crippen molar-refractivity contribution in [2.24, 2.45) is 0 Å². The van der Waals surface area contributed by atoms with Gasteiger partial charge in [-0.2, -0.15) is 0 Å². The van der Waals surface area contributed by atoms with Gasteiger partial charge in [0.25, 0.3) is 0 Å². The van der Waals surface area contributed by atoms with E-state index in [1.165, 1.54) is 5.56 Å². The fraction of sp³-hybridized carbons (Fsp3) is 0.538. The van der Waals surface area contributed by atoms with E-state index in [-0.39, 0.29) is 12.6 Å². The molecule has 1 aliphatic rings. The Labute approximate surface area is 114 Å². The molecule has 0 unspecified atom stereocenters. The first-order valence-electron chi connectivity index (χ1n) is 6.47. The Balaban J connectivity index is 1.99. The second-order valence-electron chi connectivity index (χ2n) is 4.81. The largest absolute Gasteiger partial charge is 0.384 e. The summed E-state index contributed by atoms with van der Waals surface area (Å²) in [5, 5.41) is 3.18. The molecule has 0 amide bonds. The zero-order chi connectivity index (χ0) is 13.9. The van der Waals surface area contributed by atoms with Gasteiger partial charge in [-0.05, 0) is 38.0 Å². The van der Waals surface area contributed by atoms with Crippen LogP contribution in [0.5, 0.6) is 0 Å². The minimum atomic E-state index is -3.45. The fourth-order valence-electron chi connectivity index (χ4n) is 1.99. The fourth-order valence-corrected chi connectivity index (χ4v) is 3.03. The maximum atomic E-state index is 12.1. The first kappa shape index (κ1) is 14.3. The van der Waals surface area contributed by atoms with Gasteiger partial charge in [0.1, 0.15) is 0 Å². The van der Waals surface area contributed by atoms with Crippen LogP contribution in [0.2, 0.25) is 0 Å². The molecule has 0 fully saturated rings. The Bertz CT molecular complexity index is 541. The molecular formula is C13H20N2O3S. The van der Waals surface area contributed by atoms with Crippen LogP contribution in [0.25, 0.3) is 0 Å². The molecule has 5 nitrogen and oxygen atoms in total.